The number of nitriles is 1. The number of alkyl halides is 2. The van der Waals surface area contributed by atoms with Crippen LogP contribution in [0, 0.1) is 28.4 Å². The second-order valence-electron chi connectivity index (χ2n) is 2.88. The summed E-state index contributed by atoms with van der Waals surface area (Å²) in [7, 11) is 0. The van der Waals surface area contributed by atoms with Gasteiger partial charge in [-0.25, -0.2) is 0 Å². The summed E-state index contributed by atoms with van der Waals surface area (Å²) >= 11 is 0. The van der Waals surface area contributed by atoms with E-state index >= 15 is 0 Å². The van der Waals surface area contributed by atoms with Crippen molar-refractivity contribution >= 4 is 5.69 Å². The van der Waals surface area contributed by atoms with E-state index in [2.05, 4.69) is 4.74 Å². The first-order valence-corrected chi connectivity index (χ1v) is 4.09. The van der Waals surface area contributed by atoms with E-state index in [-0.39, 0.29) is 16.9 Å². The maximum Gasteiger partial charge on any atom is 0.387 e. The summed E-state index contributed by atoms with van der Waals surface area (Å²) in [5.41, 5.74) is -0.489. The molecule has 0 aliphatic carbocycles. The van der Waals surface area contributed by atoms with Gasteiger partial charge in [-0.3, -0.25) is 10.1 Å². The van der Waals surface area contributed by atoms with E-state index in [4.69, 9.17) is 5.26 Å². The Balaban J connectivity index is 3.29. The third-order valence-electron chi connectivity index (χ3n) is 1.82. The molecule has 7 heteroatoms. The Hall–Kier alpha value is -2.23. The lowest BCUT2D eigenvalue weighted by Crippen LogP contribution is -2.04. The molecule has 0 unspecified atom stereocenters. The van der Waals surface area contributed by atoms with Gasteiger partial charge in [-0.1, -0.05) is 0 Å². The molecule has 84 valence electrons. The van der Waals surface area contributed by atoms with Crippen LogP contribution in [0.25, 0.3) is 0 Å². The van der Waals surface area contributed by atoms with Gasteiger partial charge in [0.2, 0.25) is 0 Å². The van der Waals surface area contributed by atoms with Crippen molar-refractivity contribution in [1.82, 2.24) is 0 Å². The van der Waals surface area contributed by atoms with Crippen LogP contribution in [0.2, 0.25) is 0 Å². The molecule has 1 aromatic rings. The highest BCUT2D eigenvalue weighted by molar-refractivity contribution is 5.56. The predicted octanol–water partition coefficient (Wildman–Crippen LogP) is 2.38. The number of aryl methyl sites for hydroxylation is 1. The topological polar surface area (TPSA) is 76.2 Å². The maximum absolute atomic E-state index is 11.9. The molecule has 0 aromatic heterocycles. The second-order valence-corrected chi connectivity index (χ2v) is 2.88. The summed E-state index contributed by atoms with van der Waals surface area (Å²) < 4.78 is 27.9. The van der Waals surface area contributed by atoms with Crippen molar-refractivity contribution in [2.24, 2.45) is 0 Å². The SMILES string of the molecule is Cc1cc(OC(F)F)cc([N+](=O)[O-])c1C#N. The highest BCUT2D eigenvalue weighted by Gasteiger charge is 2.19. The van der Waals surface area contributed by atoms with E-state index in [1.54, 1.807) is 6.07 Å². The molecule has 0 saturated heterocycles. The molecule has 0 aliphatic rings. The zero-order chi connectivity index (χ0) is 12.3. The van der Waals surface area contributed by atoms with Gasteiger partial charge in [-0.2, -0.15) is 14.0 Å². The van der Waals surface area contributed by atoms with Gasteiger partial charge >= 0.3 is 6.61 Å². The predicted molar refractivity (Wildman–Crippen MR) is 49.2 cm³/mol. The van der Waals surface area contributed by atoms with Crippen molar-refractivity contribution in [3.05, 3.63) is 33.4 Å². The third-order valence-corrected chi connectivity index (χ3v) is 1.82. The molecule has 0 fully saturated rings. The van der Waals surface area contributed by atoms with Gasteiger partial charge in [-0.05, 0) is 18.6 Å². The molecule has 1 aromatic carbocycles. The number of nitrogens with zero attached hydrogens (tertiary/aromatic N) is 2. The number of nitro groups is 1. The molecule has 0 spiro atoms. The Labute approximate surface area is 89.0 Å². The van der Waals surface area contributed by atoms with Gasteiger partial charge in [0.05, 0.1) is 11.0 Å². The molecule has 0 bridgehead atoms. The van der Waals surface area contributed by atoms with Gasteiger partial charge in [0.25, 0.3) is 5.69 Å². The van der Waals surface area contributed by atoms with E-state index in [0.717, 1.165) is 12.1 Å². The van der Waals surface area contributed by atoms with Crippen molar-refractivity contribution in [3.63, 3.8) is 0 Å². The molecule has 0 amide bonds. The van der Waals surface area contributed by atoms with Gasteiger partial charge in [-0.15, -0.1) is 0 Å². The number of halogens is 2. The molecule has 0 heterocycles. The smallest absolute Gasteiger partial charge is 0.387 e. The number of ether oxygens (including phenoxy) is 1. The van der Waals surface area contributed by atoms with E-state index in [1.165, 1.54) is 6.92 Å². The zero-order valence-corrected chi connectivity index (χ0v) is 8.11. The van der Waals surface area contributed by atoms with Gasteiger partial charge < -0.3 is 4.74 Å². The molecule has 5 nitrogen and oxygen atoms in total. The lowest BCUT2D eigenvalue weighted by Gasteiger charge is -2.06. The van der Waals surface area contributed by atoms with Crippen molar-refractivity contribution < 1.29 is 18.4 Å². The highest BCUT2D eigenvalue weighted by Crippen LogP contribution is 2.28. The average molecular weight is 228 g/mol. The lowest BCUT2D eigenvalue weighted by molar-refractivity contribution is -0.385. The Morgan fingerprint density at radius 1 is 1.56 bits per heavy atom. The first kappa shape index (κ1) is 11.8. The molecule has 16 heavy (non-hydrogen) atoms. The van der Waals surface area contributed by atoms with Crippen LogP contribution in [-0.2, 0) is 0 Å². The largest absolute Gasteiger partial charge is 0.435 e. The first-order valence-electron chi connectivity index (χ1n) is 4.09. The van der Waals surface area contributed by atoms with Gasteiger partial charge in [0.1, 0.15) is 17.4 Å². The molecule has 0 saturated carbocycles. The van der Waals surface area contributed by atoms with Crippen molar-refractivity contribution in [1.29, 1.82) is 5.26 Å². The average Bonchev–Trinajstić information content (AvgIpc) is 2.15. The molecule has 1 rings (SSSR count). The summed E-state index contributed by atoms with van der Waals surface area (Å²) in [5.74, 6) is -0.335. The number of hydrogen-bond donors (Lipinski definition) is 0. The van der Waals surface area contributed by atoms with E-state index < -0.39 is 17.2 Å². The molecule has 0 aliphatic heterocycles. The molecule has 0 N–H and O–H groups in total. The fourth-order valence-corrected chi connectivity index (χ4v) is 1.20. The van der Waals surface area contributed by atoms with Crippen LogP contribution in [0.4, 0.5) is 14.5 Å². The number of hydrogen-bond acceptors (Lipinski definition) is 4. The summed E-state index contributed by atoms with van der Waals surface area (Å²) in [6.07, 6.45) is 0. The molecule has 0 atom stereocenters. The Kier molecular flexibility index (Phi) is 3.35. The van der Waals surface area contributed by atoms with Crippen molar-refractivity contribution in [2.45, 2.75) is 13.5 Å². The summed E-state index contributed by atoms with van der Waals surface area (Å²) in [5, 5.41) is 19.3. The molecular weight excluding hydrogens is 222 g/mol. The minimum atomic E-state index is -3.06. The zero-order valence-electron chi connectivity index (χ0n) is 8.11. The number of rotatable bonds is 3. The van der Waals surface area contributed by atoms with E-state index in [0.29, 0.717) is 0 Å². The lowest BCUT2D eigenvalue weighted by atomic mass is 10.1. The van der Waals surface area contributed by atoms with Crippen LogP contribution in [0.1, 0.15) is 11.1 Å². The van der Waals surface area contributed by atoms with Crippen LogP contribution >= 0.6 is 0 Å². The van der Waals surface area contributed by atoms with Crippen LogP contribution in [0.5, 0.6) is 5.75 Å². The molecular formula is C9H6F2N2O3. The second kappa shape index (κ2) is 4.53. The molecule has 0 radical (unpaired) electrons. The Morgan fingerprint density at radius 2 is 2.19 bits per heavy atom. The minimum Gasteiger partial charge on any atom is -0.435 e. The number of benzene rings is 1. The number of nitro benzene ring substituents is 1. The van der Waals surface area contributed by atoms with Gasteiger partial charge in [0.15, 0.2) is 0 Å². The quantitative estimate of drug-likeness (QED) is 0.587. The van der Waals surface area contributed by atoms with Crippen molar-refractivity contribution in [3.8, 4) is 11.8 Å². The fraction of sp³-hybridized carbons (Fsp3) is 0.222. The Bertz CT molecular complexity index is 469. The monoisotopic (exact) mass is 228 g/mol. The summed E-state index contributed by atoms with van der Waals surface area (Å²) in [6.45, 7) is -1.66. The normalized spacial score (nSPS) is 9.94. The maximum atomic E-state index is 11.9. The van der Waals surface area contributed by atoms with Gasteiger partial charge in [0, 0.05) is 0 Å². The standard InChI is InChI=1S/C9H6F2N2O3/c1-5-2-6(16-9(10)11)3-8(13(14)15)7(5)4-12/h2-3,9H,1H3. The van der Waals surface area contributed by atoms with Crippen LogP contribution in [0.3, 0.4) is 0 Å². The fourth-order valence-electron chi connectivity index (χ4n) is 1.20. The van der Waals surface area contributed by atoms with Crippen molar-refractivity contribution in [2.75, 3.05) is 0 Å². The van der Waals surface area contributed by atoms with Crippen LogP contribution < -0.4 is 4.74 Å². The summed E-state index contributed by atoms with van der Waals surface area (Å²) in [4.78, 5) is 9.77. The van der Waals surface area contributed by atoms with Crippen LogP contribution in [0.15, 0.2) is 12.1 Å². The summed E-state index contributed by atoms with van der Waals surface area (Å²) in [6, 6.07) is 3.59. The highest BCUT2D eigenvalue weighted by atomic mass is 19.3. The Morgan fingerprint density at radius 3 is 2.62 bits per heavy atom. The van der Waals surface area contributed by atoms with Crippen LogP contribution in [-0.4, -0.2) is 11.5 Å². The first-order chi connectivity index (χ1) is 7.45. The van der Waals surface area contributed by atoms with E-state index in [9.17, 15) is 18.9 Å². The third kappa shape index (κ3) is 2.42. The minimum absolute atomic E-state index is 0.161. The van der Waals surface area contributed by atoms with E-state index in [1.807, 2.05) is 0 Å².